The Balaban J connectivity index is 2.05. The molecule has 2 rings (SSSR count). The molecule has 0 aliphatic carbocycles. The molecule has 0 spiro atoms. The van der Waals surface area contributed by atoms with E-state index in [1.165, 1.54) is 10.4 Å². The molecule has 5 heteroatoms. The van der Waals surface area contributed by atoms with Gasteiger partial charge < -0.3 is 10.2 Å². The molecule has 3 nitrogen and oxygen atoms in total. The maximum Gasteiger partial charge on any atom is 0.185 e. The van der Waals surface area contributed by atoms with Gasteiger partial charge in [-0.05, 0) is 24.6 Å². The quantitative estimate of drug-likeness (QED) is 0.822. The molecule has 21 heavy (non-hydrogen) atoms. The highest BCUT2D eigenvalue weighted by molar-refractivity contribution is 9.10. The molecule has 114 valence electrons. The van der Waals surface area contributed by atoms with E-state index in [0.29, 0.717) is 6.04 Å². The number of hydrogen-bond donors (Lipinski definition) is 1. The Morgan fingerprint density at radius 3 is 2.81 bits per heavy atom. The number of anilines is 1. The number of thiazole rings is 1. The Labute approximate surface area is 139 Å². The van der Waals surface area contributed by atoms with Crippen molar-refractivity contribution in [3.05, 3.63) is 44.9 Å². The van der Waals surface area contributed by atoms with Crippen LogP contribution in [0, 0.1) is 6.92 Å². The largest absolute Gasteiger partial charge is 0.347 e. The van der Waals surface area contributed by atoms with Gasteiger partial charge in [0.1, 0.15) is 0 Å². The lowest BCUT2D eigenvalue weighted by molar-refractivity contribution is 0.591. The highest BCUT2D eigenvalue weighted by atomic mass is 79.9. The number of aromatic nitrogens is 1. The van der Waals surface area contributed by atoms with E-state index in [4.69, 9.17) is 4.98 Å². The summed E-state index contributed by atoms with van der Waals surface area (Å²) in [6.45, 7) is 8.17. The number of nitrogens with one attached hydrogen (secondary N) is 1. The van der Waals surface area contributed by atoms with Gasteiger partial charge in [-0.2, -0.15) is 0 Å². The molecule has 1 aromatic carbocycles. The monoisotopic (exact) mass is 367 g/mol. The van der Waals surface area contributed by atoms with Crippen LogP contribution in [0.1, 0.15) is 30.0 Å². The first-order valence-corrected chi connectivity index (χ1v) is 8.72. The first kappa shape index (κ1) is 16.5. The van der Waals surface area contributed by atoms with Gasteiger partial charge in [0, 0.05) is 35.5 Å². The second kappa shape index (κ2) is 7.38. The predicted octanol–water partition coefficient (Wildman–Crippen LogP) is 4.35. The zero-order valence-corrected chi connectivity index (χ0v) is 15.4. The van der Waals surface area contributed by atoms with Crippen LogP contribution in [0.25, 0.3) is 0 Å². The highest BCUT2D eigenvalue weighted by Gasteiger charge is 2.12. The van der Waals surface area contributed by atoms with Gasteiger partial charge in [-0.3, -0.25) is 0 Å². The number of aryl methyl sites for hydroxylation is 1. The summed E-state index contributed by atoms with van der Waals surface area (Å²) >= 11 is 5.29. The van der Waals surface area contributed by atoms with Crippen molar-refractivity contribution in [1.82, 2.24) is 10.3 Å². The van der Waals surface area contributed by atoms with E-state index in [1.807, 2.05) is 6.07 Å². The van der Waals surface area contributed by atoms with E-state index in [-0.39, 0.29) is 0 Å². The van der Waals surface area contributed by atoms with Crippen molar-refractivity contribution in [3.63, 3.8) is 0 Å². The first-order valence-electron chi connectivity index (χ1n) is 7.11. The van der Waals surface area contributed by atoms with E-state index >= 15 is 0 Å². The van der Waals surface area contributed by atoms with E-state index in [9.17, 15) is 0 Å². The minimum absolute atomic E-state index is 0.495. The summed E-state index contributed by atoms with van der Waals surface area (Å²) in [5, 5.41) is 4.53. The van der Waals surface area contributed by atoms with Crippen LogP contribution in [0.4, 0.5) is 5.13 Å². The SMILES string of the molecule is Cc1nc(N(C)Cc2cccc(Br)c2)sc1CNC(C)C. The molecule has 1 aromatic heterocycles. The van der Waals surface area contributed by atoms with E-state index in [1.54, 1.807) is 11.3 Å². The average Bonchev–Trinajstić information content (AvgIpc) is 2.78. The summed E-state index contributed by atoms with van der Waals surface area (Å²) in [7, 11) is 2.10. The Bertz CT molecular complexity index is 595. The van der Waals surface area contributed by atoms with Crippen LogP contribution in [0.3, 0.4) is 0 Å². The summed E-state index contributed by atoms with van der Waals surface area (Å²) < 4.78 is 1.12. The minimum Gasteiger partial charge on any atom is -0.347 e. The molecule has 0 aliphatic rings. The van der Waals surface area contributed by atoms with Crippen molar-refractivity contribution in [3.8, 4) is 0 Å². The lowest BCUT2D eigenvalue weighted by Crippen LogP contribution is -2.21. The van der Waals surface area contributed by atoms with E-state index < -0.39 is 0 Å². The van der Waals surface area contributed by atoms with Gasteiger partial charge in [0.2, 0.25) is 0 Å². The van der Waals surface area contributed by atoms with Crippen molar-refractivity contribution >= 4 is 32.4 Å². The summed E-state index contributed by atoms with van der Waals surface area (Å²) in [6.07, 6.45) is 0. The normalized spacial score (nSPS) is 11.1. The molecule has 0 atom stereocenters. The number of hydrogen-bond acceptors (Lipinski definition) is 4. The van der Waals surface area contributed by atoms with Gasteiger partial charge in [-0.25, -0.2) is 4.98 Å². The number of halogens is 1. The second-order valence-electron chi connectivity index (χ2n) is 5.53. The molecular weight excluding hydrogens is 346 g/mol. The zero-order valence-electron chi connectivity index (χ0n) is 13.0. The second-order valence-corrected chi connectivity index (χ2v) is 7.50. The smallest absolute Gasteiger partial charge is 0.185 e. The van der Waals surface area contributed by atoms with Crippen molar-refractivity contribution in [2.24, 2.45) is 0 Å². The third-order valence-corrected chi connectivity index (χ3v) is 4.95. The fraction of sp³-hybridized carbons (Fsp3) is 0.438. The fourth-order valence-corrected chi connectivity index (χ4v) is 3.43. The van der Waals surface area contributed by atoms with Gasteiger partial charge in [0.15, 0.2) is 5.13 Å². The van der Waals surface area contributed by atoms with Crippen LogP contribution in [-0.4, -0.2) is 18.1 Å². The minimum atomic E-state index is 0.495. The van der Waals surface area contributed by atoms with Crippen LogP contribution in [0.15, 0.2) is 28.7 Å². The first-order chi connectivity index (χ1) is 9.95. The van der Waals surface area contributed by atoms with E-state index in [0.717, 1.165) is 28.4 Å². The summed E-state index contributed by atoms with van der Waals surface area (Å²) in [4.78, 5) is 8.23. The molecule has 0 saturated heterocycles. The molecule has 0 fully saturated rings. The molecule has 0 saturated carbocycles. The molecule has 1 N–H and O–H groups in total. The zero-order chi connectivity index (χ0) is 15.4. The molecule has 0 unspecified atom stereocenters. The van der Waals surface area contributed by atoms with Gasteiger partial charge >= 0.3 is 0 Å². The molecular formula is C16H22BrN3S. The van der Waals surface area contributed by atoms with Crippen LogP contribution in [0.5, 0.6) is 0 Å². The summed E-state index contributed by atoms with van der Waals surface area (Å²) in [6, 6.07) is 8.90. The third-order valence-electron chi connectivity index (χ3n) is 3.19. The lowest BCUT2D eigenvalue weighted by atomic mass is 10.2. The molecule has 0 aliphatic heterocycles. The van der Waals surface area contributed by atoms with Gasteiger partial charge in [0.05, 0.1) is 5.69 Å². The molecule has 0 amide bonds. The van der Waals surface area contributed by atoms with Crippen molar-refractivity contribution in [2.75, 3.05) is 11.9 Å². The number of nitrogens with zero attached hydrogens (tertiary/aromatic N) is 2. The van der Waals surface area contributed by atoms with Gasteiger partial charge in [-0.1, -0.05) is 41.9 Å². The fourth-order valence-electron chi connectivity index (χ4n) is 2.01. The van der Waals surface area contributed by atoms with Gasteiger partial charge in [0.25, 0.3) is 0 Å². The predicted molar refractivity (Wildman–Crippen MR) is 95.1 cm³/mol. The third kappa shape index (κ3) is 4.80. The Hall–Kier alpha value is -0.910. The Kier molecular flexibility index (Phi) is 5.79. The standard InChI is InChI=1S/C16H22BrN3S/c1-11(2)18-9-15-12(3)19-16(21-15)20(4)10-13-6-5-7-14(17)8-13/h5-8,11,18H,9-10H2,1-4H3. The van der Waals surface area contributed by atoms with Crippen molar-refractivity contribution < 1.29 is 0 Å². The molecule has 1 heterocycles. The number of rotatable bonds is 6. The summed E-state index contributed by atoms with van der Waals surface area (Å²) in [5.74, 6) is 0. The van der Waals surface area contributed by atoms with Crippen molar-refractivity contribution in [2.45, 2.75) is 39.9 Å². The molecule has 0 radical (unpaired) electrons. The van der Waals surface area contributed by atoms with Crippen LogP contribution in [0.2, 0.25) is 0 Å². The molecule has 0 bridgehead atoms. The lowest BCUT2D eigenvalue weighted by Gasteiger charge is -2.15. The summed E-state index contributed by atoms with van der Waals surface area (Å²) in [5.41, 5.74) is 2.41. The molecule has 2 aromatic rings. The topological polar surface area (TPSA) is 28.2 Å². The van der Waals surface area contributed by atoms with Crippen molar-refractivity contribution in [1.29, 1.82) is 0 Å². The Morgan fingerprint density at radius 2 is 2.14 bits per heavy atom. The maximum atomic E-state index is 4.70. The van der Waals surface area contributed by atoms with Crippen LogP contribution >= 0.6 is 27.3 Å². The Morgan fingerprint density at radius 1 is 1.38 bits per heavy atom. The van der Waals surface area contributed by atoms with Crippen LogP contribution in [-0.2, 0) is 13.1 Å². The highest BCUT2D eigenvalue weighted by Crippen LogP contribution is 2.26. The van der Waals surface area contributed by atoms with E-state index in [2.05, 4.69) is 72.2 Å². The maximum absolute atomic E-state index is 4.70. The van der Waals surface area contributed by atoms with Gasteiger partial charge in [-0.15, -0.1) is 11.3 Å². The number of benzene rings is 1. The van der Waals surface area contributed by atoms with Crippen LogP contribution < -0.4 is 10.2 Å². The average molecular weight is 368 g/mol.